The molecule has 0 aliphatic rings. The van der Waals surface area contributed by atoms with Crippen LogP contribution in [-0.4, -0.2) is 78.8 Å². The van der Waals surface area contributed by atoms with Gasteiger partial charge < -0.3 is 42.5 Å². The van der Waals surface area contributed by atoms with Crippen molar-refractivity contribution >= 4 is 29.6 Å². The van der Waals surface area contributed by atoms with Crippen molar-refractivity contribution in [1.82, 2.24) is 35.9 Å². The van der Waals surface area contributed by atoms with E-state index in [2.05, 4.69) is 35.9 Å². The van der Waals surface area contributed by atoms with E-state index >= 15 is 0 Å². The second-order valence-corrected chi connectivity index (χ2v) is 7.53. The van der Waals surface area contributed by atoms with E-state index in [4.69, 9.17) is 11.5 Å². The minimum Gasteiger partial charge on any atom is -0.480 e. The fraction of sp³-hybridized carbons (Fsp3) is 0.421. The third-order valence-corrected chi connectivity index (χ3v) is 4.72. The number of H-pyrrole nitrogens is 2. The molecule has 0 saturated heterocycles. The zero-order valence-electron chi connectivity index (χ0n) is 18.3. The molecular weight excluding hydrogens is 450 g/mol. The molecule has 2 aromatic rings. The highest BCUT2D eigenvalue weighted by Crippen LogP contribution is 2.03. The van der Waals surface area contributed by atoms with Gasteiger partial charge in [-0.05, 0) is 6.92 Å². The van der Waals surface area contributed by atoms with Crippen LogP contribution >= 0.6 is 0 Å². The zero-order chi connectivity index (χ0) is 25.3. The van der Waals surface area contributed by atoms with E-state index in [1.165, 1.54) is 32.0 Å². The molecule has 0 aromatic carbocycles. The normalized spacial score (nSPS) is 14.3. The first kappa shape index (κ1) is 26.0. The Hall–Kier alpha value is -4.27. The number of nitrogens with one attached hydrogen (secondary N) is 5. The van der Waals surface area contributed by atoms with Crippen LogP contribution in [0.3, 0.4) is 0 Å². The van der Waals surface area contributed by atoms with Gasteiger partial charge in [-0.25, -0.2) is 14.8 Å². The highest BCUT2D eigenvalue weighted by Gasteiger charge is 2.29. The summed E-state index contributed by atoms with van der Waals surface area (Å²) in [6.07, 6.45) is 5.15. The predicted molar refractivity (Wildman–Crippen MR) is 115 cm³/mol. The van der Waals surface area contributed by atoms with Crippen LogP contribution in [0.25, 0.3) is 0 Å². The predicted octanol–water partition coefficient (Wildman–Crippen LogP) is -3.32. The number of nitrogens with two attached hydrogens (primary N) is 2. The zero-order valence-corrected chi connectivity index (χ0v) is 18.3. The van der Waals surface area contributed by atoms with Gasteiger partial charge in [0.1, 0.15) is 18.1 Å². The van der Waals surface area contributed by atoms with Crippen LogP contribution in [0.4, 0.5) is 0 Å². The summed E-state index contributed by atoms with van der Waals surface area (Å²) in [4.78, 5) is 73.4. The topological polar surface area (TPSA) is 251 Å². The van der Waals surface area contributed by atoms with Gasteiger partial charge in [-0.3, -0.25) is 19.2 Å². The molecule has 34 heavy (non-hydrogen) atoms. The molecular formula is C19H27N9O6. The van der Waals surface area contributed by atoms with Crippen molar-refractivity contribution < 1.29 is 29.1 Å². The van der Waals surface area contributed by atoms with Crippen LogP contribution in [0, 0.1) is 0 Å². The Morgan fingerprint density at radius 3 is 1.91 bits per heavy atom. The Morgan fingerprint density at radius 1 is 0.912 bits per heavy atom. The van der Waals surface area contributed by atoms with Crippen LogP contribution in [0.1, 0.15) is 24.7 Å². The molecule has 0 unspecified atom stereocenters. The Morgan fingerprint density at radius 2 is 1.44 bits per heavy atom. The number of amides is 4. The molecule has 15 heteroatoms. The molecule has 0 fully saturated rings. The Balaban J connectivity index is 2.03. The largest absolute Gasteiger partial charge is 0.480 e. The lowest BCUT2D eigenvalue weighted by atomic mass is 10.1. The summed E-state index contributed by atoms with van der Waals surface area (Å²) in [6, 6.07) is -4.85. The molecule has 0 bridgehead atoms. The van der Waals surface area contributed by atoms with Gasteiger partial charge in [-0.15, -0.1) is 0 Å². The second-order valence-electron chi connectivity index (χ2n) is 7.53. The quantitative estimate of drug-likeness (QED) is 0.143. The van der Waals surface area contributed by atoms with Crippen molar-refractivity contribution in [2.24, 2.45) is 11.5 Å². The summed E-state index contributed by atoms with van der Waals surface area (Å²) in [5, 5.41) is 16.6. The summed E-state index contributed by atoms with van der Waals surface area (Å²) < 4.78 is 0. The monoisotopic (exact) mass is 477 g/mol. The van der Waals surface area contributed by atoms with Crippen LogP contribution in [0.5, 0.6) is 0 Å². The lowest BCUT2D eigenvalue weighted by Gasteiger charge is -2.23. The van der Waals surface area contributed by atoms with Crippen molar-refractivity contribution in [3.63, 3.8) is 0 Å². The van der Waals surface area contributed by atoms with Crippen LogP contribution in [0.15, 0.2) is 25.0 Å². The van der Waals surface area contributed by atoms with Crippen molar-refractivity contribution in [2.45, 2.75) is 50.4 Å². The number of aromatic amines is 2. The van der Waals surface area contributed by atoms with Crippen molar-refractivity contribution in [3.8, 4) is 0 Å². The number of hydrogen-bond acceptors (Lipinski definition) is 8. The van der Waals surface area contributed by atoms with E-state index in [1.54, 1.807) is 0 Å². The van der Waals surface area contributed by atoms with Gasteiger partial charge in [0.15, 0.2) is 0 Å². The van der Waals surface area contributed by atoms with Gasteiger partial charge in [-0.1, -0.05) is 0 Å². The van der Waals surface area contributed by atoms with Crippen molar-refractivity contribution in [3.05, 3.63) is 36.4 Å². The van der Waals surface area contributed by atoms with Gasteiger partial charge in [0.05, 0.1) is 25.1 Å². The van der Waals surface area contributed by atoms with Gasteiger partial charge >= 0.3 is 5.97 Å². The molecule has 0 radical (unpaired) electrons. The SMILES string of the molecule is C[C@H](NC(=O)[C@H](Cc1cnc[nH]1)NC(=O)[C@@H](N)CC(N)=O)C(=O)N[C@@H](Cc1cnc[nH]1)C(=O)O. The smallest absolute Gasteiger partial charge is 0.326 e. The second kappa shape index (κ2) is 12.1. The molecule has 0 aliphatic heterocycles. The molecule has 2 aromatic heterocycles. The lowest BCUT2D eigenvalue weighted by molar-refractivity contribution is -0.142. The molecule has 10 N–H and O–H groups in total. The first-order chi connectivity index (χ1) is 16.1. The number of carbonyl (C=O) groups excluding carboxylic acids is 4. The lowest BCUT2D eigenvalue weighted by Crippen LogP contribution is -2.57. The van der Waals surface area contributed by atoms with Crippen LogP contribution < -0.4 is 27.4 Å². The molecule has 0 aliphatic carbocycles. The number of aliphatic carboxylic acids is 1. The number of carbonyl (C=O) groups is 5. The fourth-order valence-electron chi connectivity index (χ4n) is 2.91. The number of carboxylic acid groups (broad SMARTS) is 1. The van der Waals surface area contributed by atoms with Crippen molar-refractivity contribution in [1.29, 1.82) is 0 Å². The summed E-state index contributed by atoms with van der Waals surface area (Å²) in [7, 11) is 0. The average molecular weight is 477 g/mol. The molecule has 2 heterocycles. The van der Waals surface area contributed by atoms with Gasteiger partial charge in [0.25, 0.3) is 0 Å². The molecule has 184 valence electrons. The first-order valence-corrected chi connectivity index (χ1v) is 10.2. The van der Waals surface area contributed by atoms with Gasteiger partial charge in [0, 0.05) is 36.6 Å². The summed E-state index contributed by atoms with van der Waals surface area (Å²) >= 11 is 0. The van der Waals surface area contributed by atoms with E-state index in [9.17, 15) is 29.1 Å². The maximum Gasteiger partial charge on any atom is 0.326 e. The van der Waals surface area contributed by atoms with E-state index in [1.807, 2.05) is 0 Å². The number of nitrogens with zero attached hydrogens (tertiary/aromatic N) is 2. The Bertz CT molecular complexity index is 992. The number of primary amides is 1. The minimum atomic E-state index is -1.27. The number of imidazole rings is 2. The van der Waals surface area contributed by atoms with E-state index in [0.717, 1.165) is 0 Å². The third-order valence-electron chi connectivity index (χ3n) is 4.72. The highest BCUT2D eigenvalue weighted by molar-refractivity contribution is 5.95. The third kappa shape index (κ3) is 8.01. The number of carboxylic acids is 1. The molecule has 4 amide bonds. The maximum atomic E-state index is 12.8. The van der Waals surface area contributed by atoms with Gasteiger partial charge in [-0.2, -0.15) is 0 Å². The summed E-state index contributed by atoms with van der Waals surface area (Å²) in [5.74, 6) is -4.34. The van der Waals surface area contributed by atoms with Crippen molar-refractivity contribution in [2.75, 3.05) is 0 Å². The standard InChI is InChI=1S/C19H27N9O6/c1-9(16(30)28-14(19(33)34)3-11-6-23-8-25-11)26-18(32)13(2-10-5-22-7-24-10)27-17(31)12(20)4-15(21)29/h5-9,12-14H,2-4,20H2,1H3,(H2,21,29)(H,22,24)(H,23,25)(H,26,32)(H,27,31)(H,28,30)(H,33,34)/t9-,12-,13-,14-/m0/s1. The molecule has 15 nitrogen and oxygen atoms in total. The molecule has 0 spiro atoms. The summed E-state index contributed by atoms with van der Waals surface area (Å²) in [5.41, 5.74) is 11.7. The first-order valence-electron chi connectivity index (χ1n) is 10.2. The van der Waals surface area contributed by atoms with Crippen LogP contribution in [0.2, 0.25) is 0 Å². The maximum absolute atomic E-state index is 12.8. The van der Waals surface area contributed by atoms with Crippen LogP contribution in [-0.2, 0) is 36.8 Å². The number of aromatic nitrogens is 4. The molecule has 4 atom stereocenters. The van der Waals surface area contributed by atoms with E-state index < -0.39 is 60.2 Å². The number of rotatable bonds is 13. The fourth-order valence-corrected chi connectivity index (χ4v) is 2.91. The van der Waals surface area contributed by atoms with E-state index in [0.29, 0.717) is 11.4 Å². The summed E-state index contributed by atoms with van der Waals surface area (Å²) in [6.45, 7) is 1.36. The Kier molecular flexibility index (Phi) is 9.25. The molecule has 0 saturated carbocycles. The molecule has 2 rings (SSSR count). The van der Waals surface area contributed by atoms with Gasteiger partial charge in [0.2, 0.25) is 23.6 Å². The minimum absolute atomic E-state index is 0.0211. The highest BCUT2D eigenvalue weighted by atomic mass is 16.4. The average Bonchev–Trinajstić information content (AvgIpc) is 3.46. The Labute approximate surface area is 193 Å². The number of hydrogen-bond donors (Lipinski definition) is 8. The van der Waals surface area contributed by atoms with E-state index in [-0.39, 0.29) is 12.8 Å².